The van der Waals surface area contributed by atoms with E-state index in [1.165, 1.54) is 4.90 Å². The van der Waals surface area contributed by atoms with Crippen LogP contribution in [0.25, 0.3) is 16.9 Å². The zero-order valence-corrected chi connectivity index (χ0v) is 18.2. The predicted molar refractivity (Wildman–Crippen MR) is 111 cm³/mol. The molecule has 0 spiro atoms. The fraction of sp³-hybridized carbons (Fsp3) is 0.333. The Morgan fingerprint density at radius 1 is 1.28 bits per heavy atom. The molecule has 4 rings (SSSR count). The number of imidazole rings is 1. The fourth-order valence-electron chi connectivity index (χ4n) is 3.81. The Labute approximate surface area is 183 Å². The first-order chi connectivity index (χ1) is 15.0. The Morgan fingerprint density at radius 3 is 2.59 bits per heavy atom. The number of amides is 1. The summed E-state index contributed by atoms with van der Waals surface area (Å²) in [6.07, 6.45) is 1.13. The third-order valence-corrected chi connectivity index (χ3v) is 6.48. The molecule has 0 aliphatic carbocycles. The van der Waals surface area contributed by atoms with Crippen LogP contribution in [0, 0.1) is 18.6 Å². The fourth-order valence-corrected chi connectivity index (χ4v) is 4.45. The summed E-state index contributed by atoms with van der Waals surface area (Å²) in [6, 6.07) is 5.11. The first kappa shape index (κ1) is 22.2. The van der Waals surface area contributed by atoms with Gasteiger partial charge in [-0.15, -0.1) is 0 Å². The highest BCUT2D eigenvalue weighted by atomic mass is 32.2. The molecule has 32 heavy (non-hydrogen) atoms. The number of carboxylic acid groups (broad SMARTS) is 1. The Morgan fingerprint density at radius 2 is 1.97 bits per heavy atom. The Balaban J connectivity index is 1.85. The van der Waals surface area contributed by atoms with Crippen molar-refractivity contribution < 1.29 is 31.8 Å². The van der Waals surface area contributed by atoms with Crippen molar-refractivity contribution >= 4 is 21.6 Å². The Bertz CT molecular complexity index is 1300. The van der Waals surface area contributed by atoms with E-state index in [9.17, 15) is 27.1 Å². The van der Waals surface area contributed by atoms with E-state index in [1.807, 2.05) is 13.0 Å². The number of aryl methyl sites for hydroxylation is 1. The van der Waals surface area contributed by atoms with Crippen molar-refractivity contribution in [3.05, 3.63) is 53.4 Å². The van der Waals surface area contributed by atoms with Gasteiger partial charge in [-0.1, -0.05) is 0 Å². The number of ether oxygens (including phenoxy) is 1. The number of pyridine rings is 1. The standard InChI is InChI=1S/C21H21F2N3O5S/c1-12-3-4-26-17(8-13-11-25(21(27)28)5-6-31-13)20(24-18(26)7-12)19-15(22)9-14(10-16(19)23)32(2,29)30/h3-4,7,9-10,13H,5-6,8,11H2,1-2H3,(H,27,28)/t13-/m0/s1. The van der Waals surface area contributed by atoms with E-state index >= 15 is 0 Å². The summed E-state index contributed by atoms with van der Waals surface area (Å²) in [4.78, 5) is 16.5. The Hall–Kier alpha value is -3.05. The monoisotopic (exact) mass is 465 g/mol. The summed E-state index contributed by atoms with van der Waals surface area (Å²) in [7, 11) is -3.81. The van der Waals surface area contributed by atoms with Crippen molar-refractivity contribution in [2.75, 3.05) is 26.0 Å². The number of hydrogen-bond acceptors (Lipinski definition) is 5. The molecule has 0 saturated carbocycles. The van der Waals surface area contributed by atoms with Crippen LogP contribution in [0.15, 0.2) is 35.4 Å². The summed E-state index contributed by atoms with van der Waals surface area (Å²) >= 11 is 0. The molecule has 0 bridgehead atoms. The second kappa shape index (κ2) is 8.14. The molecule has 8 nitrogen and oxygen atoms in total. The Kier molecular flexibility index (Phi) is 5.63. The summed E-state index contributed by atoms with van der Waals surface area (Å²) in [5.41, 5.74) is 1.34. The van der Waals surface area contributed by atoms with Crippen LogP contribution in [-0.2, 0) is 21.0 Å². The molecule has 0 radical (unpaired) electrons. The number of nitrogens with zero attached hydrogens (tertiary/aromatic N) is 3. The molecule has 170 valence electrons. The molecule has 1 N–H and O–H groups in total. The van der Waals surface area contributed by atoms with Crippen molar-refractivity contribution in [2.24, 2.45) is 0 Å². The minimum Gasteiger partial charge on any atom is -0.465 e. The first-order valence-corrected chi connectivity index (χ1v) is 11.7. The first-order valence-electron chi connectivity index (χ1n) is 9.81. The van der Waals surface area contributed by atoms with Crippen molar-refractivity contribution in [3.8, 4) is 11.3 Å². The van der Waals surface area contributed by atoms with Gasteiger partial charge in [-0.3, -0.25) is 0 Å². The molecular weight excluding hydrogens is 444 g/mol. The van der Waals surface area contributed by atoms with Crippen molar-refractivity contribution in [2.45, 2.75) is 24.3 Å². The zero-order chi connectivity index (χ0) is 23.2. The van der Waals surface area contributed by atoms with Crippen molar-refractivity contribution in [1.29, 1.82) is 0 Å². The lowest BCUT2D eigenvalue weighted by atomic mass is 10.0. The molecule has 1 aliphatic rings. The van der Waals surface area contributed by atoms with Crippen LogP contribution in [-0.4, -0.2) is 66.0 Å². The maximum atomic E-state index is 15.0. The second-order valence-corrected chi connectivity index (χ2v) is 9.81. The quantitative estimate of drug-likeness (QED) is 0.636. The molecule has 1 fully saturated rings. The van der Waals surface area contributed by atoms with E-state index < -0.39 is 44.1 Å². The smallest absolute Gasteiger partial charge is 0.407 e. The van der Waals surface area contributed by atoms with E-state index in [4.69, 9.17) is 4.74 Å². The van der Waals surface area contributed by atoms with Gasteiger partial charge in [0.05, 0.1) is 41.1 Å². The highest BCUT2D eigenvalue weighted by Gasteiger charge is 2.29. The van der Waals surface area contributed by atoms with Crippen LogP contribution >= 0.6 is 0 Å². The molecule has 1 atom stereocenters. The lowest BCUT2D eigenvalue weighted by molar-refractivity contribution is -0.0214. The number of aromatic nitrogens is 2. The van der Waals surface area contributed by atoms with E-state index in [2.05, 4.69) is 4.98 Å². The number of sulfone groups is 1. The highest BCUT2D eigenvalue weighted by molar-refractivity contribution is 7.90. The van der Waals surface area contributed by atoms with Crippen LogP contribution in [0.2, 0.25) is 0 Å². The molecule has 0 unspecified atom stereocenters. The van der Waals surface area contributed by atoms with Crippen LogP contribution in [0.5, 0.6) is 0 Å². The summed E-state index contributed by atoms with van der Waals surface area (Å²) in [6.45, 7) is 2.39. The second-order valence-electron chi connectivity index (χ2n) is 7.80. The van der Waals surface area contributed by atoms with Crippen molar-refractivity contribution in [3.63, 3.8) is 0 Å². The lowest BCUT2D eigenvalue weighted by Gasteiger charge is -2.31. The third kappa shape index (κ3) is 4.17. The molecule has 1 amide bonds. The number of fused-ring (bicyclic) bond motifs is 1. The maximum absolute atomic E-state index is 15.0. The van der Waals surface area contributed by atoms with Crippen molar-refractivity contribution in [1.82, 2.24) is 14.3 Å². The molecule has 11 heteroatoms. The van der Waals surface area contributed by atoms with Gasteiger partial charge in [-0.25, -0.2) is 27.0 Å². The van der Waals surface area contributed by atoms with Crippen LogP contribution in [0.3, 0.4) is 0 Å². The van der Waals surface area contributed by atoms with Crippen LogP contribution < -0.4 is 0 Å². The van der Waals surface area contributed by atoms with Gasteiger partial charge in [0.1, 0.15) is 17.3 Å². The van der Waals surface area contributed by atoms with E-state index in [0.29, 0.717) is 11.3 Å². The minimum atomic E-state index is -3.81. The van der Waals surface area contributed by atoms with Gasteiger partial charge in [-0.05, 0) is 36.8 Å². The topological polar surface area (TPSA) is 101 Å². The maximum Gasteiger partial charge on any atom is 0.407 e. The summed E-state index contributed by atoms with van der Waals surface area (Å²) in [5.74, 6) is -2.10. The third-order valence-electron chi connectivity index (χ3n) is 5.39. The molecule has 3 heterocycles. The molecule has 3 aromatic rings. The van der Waals surface area contributed by atoms with Gasteiger partial charge in [0.15, 0.2) is 9.84 Å². The van der Waals surface area contributed by atoms with Gasteiger partial charge >= 0.3 is 6.09 Å². The average Bonchev–Trinajstić information content (AvgIpc) is 3.04. The van der Waals surface area contributed by atoms with Crippen LogP contribution in [0.1, 0.15) is 11.3 Å². The largest absolute Gasteiger partial charge is 0.465 e. The SMILES string of the molecule is Cc1ccn2c(C[C@H]3CN(C(=O)O)CCO3)c(-c3c(F)cc(S(C)(=O)=O)cc3F)nc2c1. The number of rotatable bonds is 4. The molecule has 1 aromatic carbocycles. The van der Waals surface area contributed by atoms with E-state index in [1.54, 1.807) is 16.7 Å². The highest BCUT2D eigenvalue weighted by Crippen LogP contribution is 2.32. The zero-order valence-electron chi connectivity index (χ0n) is 17.4. The summed E-state index contributed by atoms with van der Waals surface area (Å²) < 4.78 is 60.9. The van der Waals surface area contributed by atoms with Crippen LogP contribution in [0.4, 0.5) is 13.6 Å². The van der Waals surface area contributed by atoms with E-state index in [0.717, 1.165) is 24.0 Å². The predicted octanol–water partition coefficient (Wildman–Crippen LogP) is 2.91. The molecule has 1 aliphatic heterocycles. The summed E-state index contributed by atoms with van der Waals surface area (Å²) in [5, 5.41) is 9.29. The lowest BCUT2D eigenvalue weighted by Crippen LogP contribution is -2.45. The average molecular weight is 465 g/mol. The number of morpholine rings is 1. The molecular formula is C21H21F2N3O5S. The number of hydrogen-bond donors (Lipinski definition) is 1. The van der Waals surface area contributed by atoms with Gasteiger partial charge in [0, 0.05) is 25.4 Å². The van der Waals surface area contributed by atoms with Gasteiger partial charge < -0.3 is 19.1 Å². The normalized spacial score (nSPS) is 17.1. The van der Waals surface area contributed by atoms with Gasteiger partial charge in [0.25, 0.3) is 0 Å². The molecule has 1 saturated heterocycles. The molecule has 2 aromatic heterocycles. The number of benzene rings is 1. The van der Waals surface area contributed by atoms with Gasteiger partial charge in [0.2, 0.25) is 0 Å². The van der Waals surface area contributed by atoms with Gasteiger partial charge in [-0.2, -0.15) is 0 Å². The number of carbonyl (C=O) groups is 1. The minimum absolute atomic E-state index is 0.0155. The van der Waals surface area contributed by atoms with E-state index in [-0.39, 0.29) is 31.8 Å². The number of halogens is 2.